The summed E-state index contributed by atoms with van der Waals surface area (Å²) in [6.07, 6.45) is 9.08. The number of aliphatic hydroxyl groups excluding tert-OH is 1. The van der Waals surface area contributed by atoms with Crippen LogP contribution in [0, 0.1) is 25.2 Å². The molecule has 0 atom stereocenters. The minimum Gasteiger partial charge on any atom is -0.494 e. The first kappa shape index (κ1) is 28.0. The van der Waals surface area contributed by atoms with E-state index in [1.165, 1.54) is 25.7 Å². The van der Waals surface area contributed by atoms with Crippen LogP contribution in [-0.4, -0.2) is 24.3 Å². The molecule has 0 unspecified atom stereocenters. The first-order valence-corrected chi connectivity index (χ1v) is 13.2. The number of aryl methyl sites for hydroxylation is 2. The van der Waals surface area contributed by atoms with Crippen molar-refractivity contribution in [2.75, 3.05) is 13.2 Å². The fraction of sp³-hybridized carbons (Fsp3) is 0.375. The van der Waals surface area contributed by atoms with Crippen molar-refractivity contribution < 1.29 is 19.4 Å². The molecule has 0 aromatic heterocycles. The Kier molecular flexibility index (Phi) is 11.2. The first-order valence-electron chi connectivity index (χ1n) is 13.2. The van der Waals surface area contributed by atoms with Crippen LogP contribution in [0.1, 0.15) is 78.4 Å². The van der Waals surface area contributed by atoms with Gasteiger partial charge in [-0.25, -0.2) is 4.79 Å². The summed E-state index contributed by atoms with van der Waals surface area (Å²) < 4.78 is 11.4. The Balaban J connectivity index is 1.44. The van der Waals surface area contributed by atoms with E-state index in [1.807, 2.05) is 44.2 Å². The molecule has 0 aliphatic rings. The van der Waals surface area contributed by atoms with Crippen LogP contribution in [0.25, 0.3) is 11.1 Å². The van der Waals surface area contributed by atoms with Gasteiger partial charge in [-0.3, -0.25) is 0 Å². The van der Waals surface area contributed by atoms with E-state index in [2.05, 4.69) is 6.07 Å². The van der Waals surface area contributed by atoms with E-state index < -0.39 is 5.97 Å². The second kappa shape index (κ2) is 14.8. The van der Waals surface area contributed by atoms with Crippen molar-refractivity contribution in [2.24, 2.45) is 0 Å². The average Bonchev–Trinajstić information content (AvgIpc) is 2.90. The van der Waals surface area contributed by atoms with Gasteiger partial charge in [-0.05, 0) is 97.5 Å². The first-order chi connectivity index (χ1) is 18.0. The van der Waals surface area contributed by atoms with E-state index in [9.17, 15) is 4.79 Å². The van der Waals surface area contributed by atoms with Gasteiger partial charge in [-0.2, -0.15) is 5.26 Å². The number of nitriles is 1. The van der Waals surface area contributed by atoms with Gasteiger partial charge in [0.25, 0.3) is 0 Å². The van der Waals surface area contributed by atoms with Gasteiger partial charge in [-0.15, -0.1) is 0 Å². The Hall–Kier alpha value is -3.62. The molecule has 0 aliphatic carbocycles. The van der Waals surface area contributed by atoms with Crippen molar-refractivity contribution in [3.63, 3.8) is 0 Å². The minimum absolute atomic E-state index is 0.300. The van der Waals surface area contributed by atoms with E-state index in [0.29, 0.717) is 30.1 Å². The van der Waals surface area contributed by atoms with Crippen LogP contribution in [0.15, 0.2) is 60.7 Å². The highest BCUT2D eigenvalue weighted by molar-refractivity contribution is 5.91. The summed E-state index contributed by atoms with van der Waals surface area (Å²) in [5, 5.41) is 17.9. The third-order valence-corrected chi connectivity index (χ3v) is 6.47. The lowest BCUT2D eigenvalue weighted by atomic mass is 9.95. The molecule has 0 saturated heterocycles. The lowest BCUT2D eigenvalue weighted by molar-refractivity contribution is 0.0734. The number of ether oxygens (including phenoxy) is 2. The number of hydrogen-bond donors (Lipinski definition) is 1. The standard InChI is InChI=1S/C32H37NO4/c1-24-21-26(23-33)11-17-30(24)31-18-16-29(22-25(31)2)37-32(35)27-12-14-28(15-13-27)36-20-10-8-6-4-3-5-7-9-19-34/h11-18,21-22,34H,3-10,19-20H2,1-2H3. The van der Waals surface area contributed by atoms with Crippen molar-refractivity contribution in [2.45, 2.75) is 65.2 Å². The third-order valence-electron chi connectivity index (χ3n) is 6.47. The number of hydrogen-bond acceptors (Lipinski definition) is 5. The summed E-state index contributed by atoms with van der Waals surface area (Å²) >= 11 is 0. The molecule has 0 amide bonds. The second-order valence-electron chi connectivity index (χ2n) is 9.43. The molecule has 3 aromatic carbocycles. The molecule has 3 aromatic rings. The molecular formula is C32H37NO4. The largest absolute Gasteiger partial charge is 0.494 e. The van der Waals surface area contributed by atoms with Gasteiger partial charge < -0.3 is 14.6 Å². The molecule has 5 heteroatoms. The number of nitrogens with zero attached hydrogens (tertiary/aromatic N) is 1. The Morgan fingerprint density at radius 1 is 0.757 bits per heavy atom. The maximum atomic E-state index is 12.7. The number of esters is 1. The smallest absolute Gasteiger partial charge is 0.343 e. The van der Waals surface area contributed by atoms with Crippen LogP contribution in [0.2, 0.25) is 0 Å². The van der Waals surface area contributed by atoms with Gasteiger partial charge in [0.1, 0.15) is 11.5 Å². The number of aliphatic hydroxyl groups is 1. The topological polar surface area (TPSA) is 79.5 Å². The fourth-order valence-corrected chi connectivity index (χ4v) is 4.36. The van der Waals surface area contributed by atoms with Crippen LogP contribution in [0.3, 0.4) is 0 Å². The van der Waals surface area contributed by atoms with Gasteiger partial charge in [0.15, 0.2) is 0 Å². The van der Waals surface area contributed by atoms with Gasteiger partial charge in [0.2, 0.25) is 0 Å². The van der Waals surface area contributed by atoms with Gasteiger partial charge >= 0.3 is 5.97 Å². The maximum absolute atomic E-state index is 12.7. The van der Waals surface area contributed by atoms with E-state index >= 15 is 0 Å². The Morgan fingerprint density at radius 3 is 1.92 bits per heavy atom. The predicted octanol–water partition coefficient (Wildman–Crippen LogP) is 7.55. The van der Waals surface area contributed by atoms with Crippen molar-refractivity contribution in [1.82, 2.24) is 0 Å². The van der Waals surface area contributed by atoms with Gasteiger partial charge in [-0.1, -0.05) is 50.7 Å². The summed E-state index contributed by atoms with van der Waals surface area (Å²) in [5.41, 5.74) is 5.22. The highest BCUT2D eigenvalue weighted by Gasteiger charge is 2.12. The summed E-state index contributed by atoms with van der Waals surface area (Å²) in [4.78, 5) is 12.7. The van der Waals surface area contributed by atoms with Crippen LogP contribution < -0.4 is 9.47 Å². The second-order valence-corrected chi connectivity index (χ2v) is 9.43. The number of rotatable bonds is 14. The van der Waals surface area contributed by atoms with E-state index in [4.69, 9.17) is 19.8 Å². The summed E-state index contributed by atoms with van der Waals surface area (Å²) in [5.74, 6) is 0.831. The fourth-order valence-electron chi connectivity index (χ4n) is 4.36. The molecule has 5 nitrogen and oxygen atoms in total. The van der Waals surface area contributed by atoms with Crippen molar-refractivity contribution in [3.8, 4) is 28.7 Å². The molecule has 1 N–H and O–H groups in total. The van der Waals surface area contributed by atoms with Crippen LogP contribution >= 0.6 is 0 Å². The van der Waals surface area contributed by atoms with Crippen molar-refractivity contribution in [1.29, 1.82) is 5.26 Å². The molecular weight excluding hydrogens is 462 g/mol. The zero-order valence-electron chi connectivity index (χ0n) is 22.0. The molecule has 3 rings (SSSR count). The molecule has 37 heavy (non-hydrogen) atoms. The molecule has 0 heterocycles. The molecule has 0 fully saturated rings. The van der Waals surface area contributed by atoms with E-state index in [1.54, 1.807) is 30.3 Å². The third kappa shape index (κ3) is 8.77. The lowest BCUT2D eigenvalue weighted by Gasteiger charge is -2.12. The predicted molar refractivity (Wildman–Crippen MR) is 147 cm³/mol. The SMILES string of the molecule is Cc1cc(C#N)ccc1-c1ccc(OC(=O)c2ccc(OCCCCCCCCCCO)cc2)cc1C. The van der Waals surface area contributed by atoms with Gasteiger partial charge in [0.05, 0.1) is 23.8 Å². The highest BCUT2D eigenvalue weighted by Crippen LogP contribution is 2.30. The zero-order chi connectivity index (χ0) is 26.5. The van der Waals surface area contributed by atoms with Crippen molar-refractivity contribution in [3.05, 3.63) is 82.9 Å². The Labute approximate surface area is 220 Å². The lowest BCUT2D eigenvalue weighted by Crippen LogP contribution is -2.08. The van der Waals surface area contributed by atoms with Gasteiger partial charge in [0, 0.05) is 6.61 Å². The summed E-state index contributed by atoms with van der Waals surface area (Å²) in [7, 11) is 0. The summed E-state index contributed by atoms with van der Waals surface area (Å²) in [6.45, 7) is 4.93. The summed E-state index contributed by atoms with van der Waals surface area (Å²) in [6, 6.07) is 20.5. The quantitative estimate of drug-likeness (QED) is 0.141. The van der Waals surface area contributed by atoms with E-state index in [0.717, 1.165) is 53.7 Å². The number of unbranched alkanes of at least 4 members (excludes halogenated alkanes) is 7. The highest BCUT2D eigenvalue weighted by atomic mass is 16.5. The van der Waals surface area contributed by atoms with Crippen LogP contribution in [0.4, 0.5) is 0 Å². The molecule has 194 valence electrons. The molecule has 0 saturated carbocycles. The van der Waals surface area contributed by atoms with Crippen LogP contribution in [-0.2, 0) is 0 Å². The molecule has 0 spiro atoms. The Bertz CT molecular complexity index is 1190. The minimum atomic E-state index is -0.410. The van der Waals surface area contributed by atoms with Crippen molar-refractivity contribution >= 4 is 5.97 Å². The zero-order valence-corrected chi connectivity index (χ0v) is 22.0. The molecule has 0 aliphatic heterocycles. The van der Waals surface area contributed by atoms with Crippen LogP contribution in [0.5, 0.6) is 11.5 Å². The Morgan fingerprint density at radius 2 is 1.32 bits per heavy atom. The monoisotopic (exact) mass is 499 g/mol. The number of benzene rings is 3. The molecule has 0 radical (unpaired) electrons. The number of carbonyl (C=O) groups excluding carboxylic acids is 1. The molecule has 0 bridgehead atoms. The average molecular weight is 500 g/mol. The number of carbonyl (C=O) groups is 1. The maximum Gasteiger partial charge on any atom is 0.343 e. The van der Waals surface area contributed by atoms with E-state index in [-0.39, 0.29) is 0 Å². The normalized spacial score (nSPS) is 10.6.